The topological polar surface area (TPSA) is 62.7 Å². The molecule has 3 aromatic rings. The maximum Gasteiger partial charge on any atom is 0.259 e. The average Bonchev–Trinajstić information content (AvgIpc) is 3.05. The molecule has 0 aliphatic heterocycles. The van der Waals surface area contributed by atoms with Crippen molar-refractivity contribution in [2.45, 2.75) is 0 Å². The second-order valence-electron chi connectivity index (χ2n) is 6.17. The SMILES string of the molecule is COc1cccc(NCC(=O)NN=C2c3ccccc3-c3ccccc32)c1. The van der Waals surface area contributed by atoms with Gasteiger partial charge in [-0.15, -0.1) is 0 Å². The predicted molar refractivity (Wildman–Crippen MR) is 107 cm³/mol. The van der Waals surface area contributed by atoms with Crippen LogP contribution in [0.2, 0.25) is 0 Å². The van der Waals surface area contributed by atoms with Crippen molar-refractivity contribution in [1.29, 1.82) is 0 Å². The quantitative estimate of drug-likeness (QED) is 0.536. The summed E-state index contributed by atoms with van der Waals surface area (Å²) in [4.78, 5) is 12.2. The summed E-state index contributed by atoms with van der Waals surface area (Å²) in [6.07, 6.45) is 0. The summed E-state index contributed by atoms with van der Waals surface area (Å²) in [7, 11) is 1.61. The molecule has 0 aromatic heterocycles. The van der Waals surface area contributed by atoms with Gasteiger partial charge in [0, 0.05) is 22.9 Å². The van der Waals surface area contributed by atoms with Crippen LogP contribution in [0.15, 0.2) is 77.9 Å². The van der Waals surface area contributed by atoms with Crippen LogP contribution in [0, 0.1) is 0 Å². The summed E-state index contributed by atoms with van der Waals surface area (Å²) in [5.41, 5.74) is 8.59. The third-order valence-corrected chi connectivity index (χ3v) is 4.47. The first-order valence-electron chi connectivity index (χ1n) is 8.70. The van der Waals surface area contributed by atoms with Crippen LogP contribution in [0.3, 0.4) is 0 Å². The number of methoxy groups -OCH3 is 1. The van der Waals surface area contributed by atoms with Crippen molar-refractivity contribution >= 4 is 17.3 Å². The van der Waals surface area contributed by atoms with Gasteiger partial charge in [-0.2, -0.15) is 5.10 Å². The van der Waals surface area contributed by atoms with Crippen molar-refractivity contribution in [3.63, 3.8) is 0 Å². The van der Waals surface area contributed by atoms with E-state index >= 15 is 0 Å². The van der Waals surface area contributed by atoms with Gasteiger partial charge < -0.3 is 10.1 Å². The van der Waals surface area contributed by atoms with Gasteiger partial charge in [0.1, 0.15) is 5.75 Å². The highest BCUT2D eigenvalue weighted by Crippen LogP contribution is 2.36. The van der Waals surface area contributed by atoms with Crippen molar-refractivity contribution in [1.82, 2.24) is 5.43 Å². The Kier molecular flexibility index (Phi) is 4.58. The van der Waals surface area contributed by atoms with Gasteiger partial charge in [0.25, 0.3) is 5.91 Å². The van der Waals surface area contributed by atoms with Crippen molar-refractivity contribution in [2.24, 2.45) is 5.10 Å². The molecule has 134 valence electrons. The highest BCUT2D eigenvalue weighted by Gasteiger charge is 2.24. The lowest BCUT2D eigenvalue weighted by Crippen LogP contribution is -2.27. The molecule has 0 atom stereocenters. The number of hydrogen-bond donors (Lipinski definition) is 2. The van der Waals surface area contributed by atoms with Gasteiger partial charge in [-0.05, 0) is 23.3 Å². The summed E-state index contributed by atoms with van der Waals surface area (Å²) in [6.45, 7) is 0.118. The molecule has 0 unspecified atom stereocenters. The second kappa shape index (κ2) is 7.33. The number of anilines is 1. The summed E-state index contributed by atoms with van der Waals surface area (Å²) < 4.78 is 5.18. The fourth-order valence-corrected chi connectivity index (χ4v) is 3.19. The largest absolute Gasteiger partial charge is 0.497 e. The Balaban J connectivity index is 1.48. The number of amides is 1. The van der Waals surface area contributed by atoms with E-state index in [9.17, 15) is 4.79 Å². The molecule has 5 nitrogen and oxygen atoms in total. The maximum atomic E-state index is 12.2. The van der Waals surface area contributed by atoms with Gasteiger partial charge in [0.15, 0.2) is 0 Å². The molecule has 1 aliphatic carbocycles. The Morgan fingerprint density at radius 1 is 0.889 bits per heavy atom. The van der Waals surface area contributed by atoms with E-state index in [-0.39, 0.29) is 12.5 Å². The molecule has 0 fully saturated rings. The first-order valence-corrected chi connectivity index (χ1v) is 8.70. The number of nitrogens with one attached hydrogen (secondary N) is 2. The van der Waals surface area contributed by atoms with Gasteiger partial charge in [-0.3, -0.25) is 4.79 Å². The van der Waals surface area contributed by atoms with Crippen LogP contribution in [0.1, 0.15) is 11.1 Å². The lowest BCUT2D eigenvalue weighted by atomic mass is 10.1. The van der Waals surface area contributed by atoms with Crippen LogP contribution in [-0.2, 0) is 4.79 Å². The van der Waals surface area contributed by atoms with Gasteiger partial charge in [0.05, 0.1) is 19.4 Å². The lowest BCUT2D eigenvalue weighted by Gasteiger charge is -2.08. The number of nitrogens with zero attached hydrogens (tertiary/aromatic N) is 1. The number of fused-ring (bicyclic) bond motifs is 3. The van der Waals surface area contributed by atoms with E-state index in [0.717, 1.165) is 39.4 Å². The number of carbonyl (C=O) groups excluding carboxylic acids is 1. The van der Waals surface area contributed by atoms with Gasteiger partial charge in [-0.25, -0.2) is 5.43 Å². The van der Waals surface area contributed by atoms with E-state index in [1.54, 1.807) is 7.11 Å². The lowest BCUT2D eigenvalue weighted by molar-refractivity contribution is -0.119. The van der Waals surface area contributed by atoms with Gasteiger partial charge in [-0.1, -0.05) is 54.6 Å². The number of carbonyl (C=O) groups is 1. The fraction of sp³-hybridized carbons (Fsp3) is 0.0909. The standard InChI is InChI=1S/C22H19N3O2/c1-27-16-8-6-7-15(13-16)23-14-21(26)24-25-22-19-11-4-2-9-17(19)18-10-3-5-12-20(18)22/h2-13,23H,14H2,1H3,(H,24,26). The highest BCUT2D eigenvalue weighted by atomic mass is 16.5. The number of benzene rings is 3. The van der Waals surface area contributed by atoms with Crippen molar-refractivity contribution in [3.05, 3.63) is 83.9 Å². The molecule has 0 heterocycles. The smallest absolute Gasteiger partial charge is 0.259 e. The minimum Gasteiger partial charge on any atom is -0.497 e. The summed E-state index contributed by atoms with van der Waals surface area (Å²) in [5, 5.41) is 7.48. The monoisotopic (exact) mass is 357 g/mol. The molecular formula is C22H19N3O2. The normalized spacial score (nSPS) is 11.4. The molecule has 2 N–H and O–H groups in total. The maximum absolute atomic E-state index is 12.2. The molecular weight excluding hydrogens is 338 g/mol. The van der Waals surface area contributed by atoms with Crippen LogP contribution < -0.4 is 15.5 Å². The Morgan fingerprint density at radius 2 is 1.52 bits per heavy atom. The molecule has 0 saturated carbocycles. The summed E-state index contributed by atoms with van der Waals surface area (Å²) in [6, 6.07) is 23.6. The zero-order chi connectivity index (χ0) is 18.6. The molecule has 0 spiro atoms. The Bertz CT molecular complexity index is 980. The zero-order valence-electron chi connectivity index (χ0n) is 14.9. The summed E-state index contributed by atoms with van der Waals surface area (Å²) in [5.74, 6) is 0.520. The van der Waals surface area contributed by atoms with E-state index in [4.69, 9.17) is 4.74 Å². The van der Waals surface area contributed by atoms with E-state index in [1.807, 2.05) is 60.7 Å². The number of hydrogen-bond acceptors (Lipinski definition) is 4. The number of ether oxygens (including phenoxy) is 1. The van der Waals surface area contributed by atoms with E-state index in [2.05, 4.69) is 28.0 Å². The van der Waals surface area contributed by atoms with Crippen LogP contribution in [0.5, 0.6) is 5.75 Å². The van der Waals surface area contributed by atoms with Crippen LogP contribution in [-0.4, -0.2) is 25.3 Å². The van der Waals surface area contributed by atoms with Crippen molar-refractivity contribution in [3.8, 4) is 16.9 Å². The fourth-order valence-electron chi connectivity index (χ4n) is 3.19. The first kappa shape index (κ1) is 16.8. The first-order chi connectivity index (χ1) is 13.3. The van der Waals surface area contributed by atoms with E-state index < -0.39 is 0 Å². The average molecular weight is 357 g/mol. The second-order valence-corrected chi connectivity index (χ2v) is 6.17. The molecule has 4 rings (SSSR count). The molecule has 1 amide bonds. The zero-order valence-corrected chi connectivity index (χ0v) is 14.9. The molecule has 0 radical (unpaired) electrons. The van der Waals surface area contributed by atoms with Crippen LogP contribution in [0.4, 0.5) is 5.69 Å². The molecule has 27 heavy (non-hydrogen) atoms. The molecule has 0 bridgehead atoms. The van der Waals surface area contributed by atoms with Crippen molar-refractivity contribution < 1.29 is 9.53 Å². The summed E-state index contributed by atoms with van der Waals surface area (Å²) >= 11 is 0. The molecule has 0 saturated heterocycles. The Labute approximate surface area is 157 Å². The Hall–Kier alpha value is -3.60. The Morgan fingerprint density at radius 3 is 2.15 bits per heavy atom. The number of hydrazone groups is 1. The molecule has 5 heteroatoms. The molecule has 1 aliphatic rings. The predicted octanol–water partition coefficient (Wildman–Crippen LogP) is 3.66. The highest BCUT2D eigenvalue weighted by molar-refractivity contribution is 6.24. The van der Waals surface area contributed by atoms with E-state index in [0.29, 0.717) is 0 Å². The minimum atomic E-state index is -0.216. The minimum absolute atomic E-state index is 0.118. The van der Waals surface area contributed by atoms with Gasteiger partial charge in [0.2, 0.25) is 0 Å². The van der Waals surface area contributed by atoms with Crippen molar-refractivity contribution in [2.75, 3.05) is 19.0 Å². The van der Waals surface area contributed by atoms with Crippen LogP contribution in [0.25, 0.3) is 11.1 Å². The van der Waals surface area contributed by atoms with E-state index in [1.165, 1.54) is 0 Å². The molecule has 3 aromatic carbocycles. The van der Waals surface area contributed by atoms with Gasteiger partial charge >= 0.3 is 0 Å². The third kappa shape index (κ3) is 3.40. The number of rotatable bonds is 5. The third-order valence-electron chi connectivity index (χ3n) is 4.47. The van der Waals surface area contributed by atoms with Crippen LogP contribution >= 0.6 is 0 Å².